The van der Waals surface area contributed by atoms with Gasteiger partial charge in [0.25, 0.3) is 0 Å². The molecule has 0 bridgehead atoms. The third-order valence-corrected chi connectivity index (χ3v) is 3.61. The first-order chi connectivity index (χ1) is 7.43. The molecule has 0 N–H and O–H groups in total. The number of allylic oxidation sites excluding steroid dienone is 4. The predicted octanol–water partition coefficient (Wildman–Crippen LogP) is 3.90. The van der Waals surface area contributed by atoms with Crippen LogP contribution in [0.25, 0.3) is 0 Å². The molecule has 0 amide bonds. The van der Waals surface area contributed by atoms with Crippen LogP contribution >= 0.6 is 11.8 Å². The molecule has 0 unspecified atom stereocenters. The summed E-state index contributed by atoms with van der Waals surface area (Å²) in [5, 5.41) is 0. The largest absolute Gasteiger partial charge is 0.463 e. The van der Waals surface area contributed by atoms with Gasteiger partial charge in [0.1, 0.15) is 5.75 Å². The number of ether oxygens (including phenoxy) is 1. The number of hydrogen-bond donors (Lipinski definition) is 0. The van der Waals surface area contributed by atoms with Crippen LogP contribution in [0.2, 0.25) is 0 Å². The van der Waals surface area contributed by atoms with Gasteiger partial charge in [0.2, 0.25) is 0 Å². The summed E-state index contributed by atoms with van der Waals surface area (Å²) in [6.07, 6.45) is 9.23. The molecule has 15 heavy (non-hydrogen) atoms. The highest BCUT2D eigenvalue weighted by Crippen LogP contribution is 2.42. The van der Waals surface area contributed by atoms with E-state index in [2.05, 4.69) is 24.3 Å². The summed E-state index contributed by atoms with van der Waals surface area (Å²) in [6.45, 7) is 0. The second-order valence-corrected chi connectivity index (χ2v) is 4.56. The molecule has 1 aromatic carbocycles. The topological polar surface area (TPSA) is 9.23 Å². The minimum absolute atomic E-state index is 0.949. The summed E-state index contributed by atoms with van der Waals surface area (Å²) in [6, 6.07) is 8.14. The van der Waals surface area contributed by atoms with E-state index in [9.17, 15) is 0 Å². The van der Waals surface area contributed by atoms with Gasteiger partial charge in [-0.15, -0.1) is 0 Å². The van der Waals surface area contributed by atoms with Gasteiger partial charge in [-0.25, -0.2) is 0 Å². The average molecular weight is 214 g/mol. The van der Waals surface area contributed by atoms with Crippen molar-refractivity contribution in [1.29, 1.82) is 0 Å². The molecule has 0 fully saturated rings. The van der Waals surface area contributed by atoms with Gasteiger partial charge in [0, 0.05) is 10.5 Å². The lowest BCUT2D eigenvalue weighted by Gasteiger charge is -2.08. The highest BCUT2D eigenvalue weighted by molar-refractivity contribution is 8.03. The van der Waals surface area contributed by atoms with Crippen LogP contribution in [0.1, 0.15) is 6.42 Å². The molecule has 2 heteroatoms. The molecule has 0 saturated carbocycles. The first-order valence-corrected chi connectivity index (χ1v) is 5.75. The number of fused-ring (bicyclic) bond motifs is 2. The van der Waals surface area contributed by atoms with Crippen LogP contribution in [0, 0.1) is 0 Å². The minimum Gasteiger partial charge on any atom is -0.463 e. The molecule has 0 radical (unpaired) electrons. The number of benzene rings is 1. The van der Waals surface area contributed by atoms with Crippen LogP contribution in [-0.2, 0) is 0 Å². The molecule has 0 aromatic heterocycles. The Morgan fingerprint density at radius 3 is 3.13 bits per heavy atom. The maximum atomic E-state index is 5.66. The molecule has 1 aromatic rings. The molecule has 0 spiro atoms. The van der Waals surface area contributed by atoms with Gasteiger partial charge < -0.3 is 4.74 Å². The Morgan fingerprint density at radius 2 is 2.13 bits per heavy atom. The van der Waals surface area contributed by atoms with Gasteiger partial charge in [0.15, 0.2) is 0 Å². The first-order valence-electron chi connectivity index (χ1n) is 4.93. The highest BCUT2D eigenvalue weighted by atomic mass is 32.2. The number of para-hydroxylation sites is 1. The summed E-state index contributed by atoms with van der Waals surface area (Å²) in [7, 11) is 0. The van der Waals surface area contributed by atoms with Crippen molar-refractivity contribution in [3.05, 3.63) is 59.2 Å². The van der Waals surface area contributed by atoms with E-state index in [0.717, 1.165) is 12.2 Å². The average Bonchev–Trinajstić information content (AvgIpc) is 2.48. The van der Waals surface area contributed by atoms with E-state index in [4.69, 9.17) is 4.74 Å². The van der Waals surface area contributed by atoms with Crippen molar-refractivity contribution in [3.63, 3.8) is 0 Å². The van der Waals surface area contributed by atoms with Crippen molar-refractivity contribution in [3.8, 4) is 5.75 Å². The first kappa shape index (κ1) is 8.86. The molecular formula is C13H10OS. The van der Waals surface area contributed by atoms with Crippen molar-refractivity contribution in [2.75, 3.05) is 0 Å². The van der Waals surface area contributed by atoms with Crippen molar-refractivity contribution in [2.45, 2.75) is 11.3 Å². The molecule has 1 aliphatic carbocycles. The van der Waals surface area contributed by atoms with Gasteiger partial charge in [-0.1, -0.05) is 36.0 Å². The van der Waals surface area contributed by atoms with Gasteiger partial charge in [-0.05, 0) is 24.6 Å². The van der Waals surface area contributed by atoms with Crippen molar-refractivity contribution in [1.82, 2.24) is 0 Å². The lowest BCUT2D eigenvalue weighted by molar-refractivity contribution is 0.466. The molecule has 2 aliphatic rings. The van der Waals surface area contributed by atoms with Gasteiger partial charge in [0.05, 0.1) is 11.2 Å². The zero-order chi connectivity index (χ0) is 10.1. The van der Waals surface area contributed by atoms with Crippen molar-refractivity contribution < 1.29 is 4.74 Å². The Hall–Kier alpha value is -1.41. The maximum absolute atomic E-state index is 5.66. The van der Waals surface area contributed by atoms with E-state index < -0.39 is 0 Å². The number of thioether (sulfide) groups is 1. The fraction of sp³-hybridized carbons (Fsp3) is 0.0769. The van der Waals surface area contributed by atoms with E-state index in [1.807, 2.05) is 24.5 Å². The molecular weight excluding hydrogens is 204 g/mol. The van der Waals surface area contributed by atoms with Crippen molar-refractivity contribution in [2.24, 2.45) is 0 Å². The van der Waals surface area contributed by atoms with Crippen LogP contribution in [0.5, 0.6) is 5.75 Å². The Morgan fingerprint density at radius 1 is 1.20 bits per heavy atom. The summed E-state index contributed by atoms with van der Waals surface area (Å²) >= 11 is 1.78. The zero-order valence-electron chi connectivity index (χ0n) is 8.14. The zero-order valence-corrected chi connectivity index (χ0v) is 8.96. The van der Waals surface area contributed by atoms with Crippen LogP contribution in [0.15, 0.2) is 64.1 Å². The fourth-order valence-electron chi connectivity index (χ4n) is 1.65. The predicted molar refractivity (Wildman–Crippen MR) is 62.9 cm³/mol. The Balaban J connectivity index is 2.07. The number of hydrogen-bond acceptors (Lipinski definition) is 2. The van der Waals surface area contributed by atoms with Gasteiger partial charge in [-0.2, -0.15) is 0 Å². The molecule has 74 valence electrons. The molecule has 1 nitrogen and oxygen atoms in total. The normalized spacial score (nSPS) is 17.9. The van der Waals surface area contributed by atoms with Crippen LogP contribution in [-0.4, -0.2) is 0 Å². The molecule has 0 atom stereocenters. The quantitative estimate of drug-likeness (QED) is 0.647. The number of rotatable bonds is 0. The van der Waals surface area contributed by atoms with Crippen LogP contribution in [0.4, 0.5) is 0 Å². The van der Waals surface area contributed by atoms with E-state index in [1.165, 1.54) is 15.4 Å². The summed E-state index contributed by atoms with van der Waals surface area (Å²) < 4.78 is 5.66. The molecule has 1 aliphatic heterocycles. The summed E-state index contributed by atoms with van der Waals surface area (Å²) in [5.74, 6) is 0.949. The second-order valence-electron chi connectivity index (χ2n) is 3.47. The lowest BCUT2D eigenvalue weighted by Crippen LogP contribution is -1.89. The second kappa shape index (κ2) is 3.63. The van der Waals surface area contributed by atoms with Crippen LogP contribution in [0.3, 0.4) is 0 Å². The van der Waals surface area contributed by atoms with E-state index >= 15 is 0 Å². The van der Waals surface area contributed by atoms with Gasteiger partial charge >= 0.3 is 0 Å². The van der Waals surface area contributed by atoms with Crippen molar-refractivity contribution >= 4 is 11.8 Å². The standard InChI is InChI=1S/C13H10OS/c1-3-7-12-10(5-1)9-14-11-6-2-4-8-13(11)15-12/h1-4,6-9H,5H2. The Kier molecular flexibility index (Phi) is 2.14. The van der Waals surface area contributed by atoms with E-state index in [-0.39, 0.29) is 0 Å². The van der Waals surface area contributed by atoms with Crippen LogP contribution < -0.4 is 4.74 Å². The smallest absolute Gasteiger partial charge is 0.140 e. The van der Waals surface area contributed by atoms with E-state index in [1.54, 1.807) is 11.8 Å². The SMILES string of the molecule is C1=CCC2=COc3ccccc3SC2=C1. The third kappa shape index (κ3) is 1.61. The molecule has 1 heterocycles. The lowest BCUT2D eigenvalue weighted by atomic mass is 10.1. The monoisotopic (exact) mass is 214 g/mol. The summed E-state index contributed by atoms with van der Waals surface area (Å²) in [5.41, 5.74) is 1.26. The van der Waals surface area contributed by atoms with Gasteiger partial charge in [-0.3, -0.25) is 0 Å². The maximum Gasteiger partial charge on any atom is 0.140 e. The Bertz CT molecular complexity index is 483. The third-order valence-electron chi connectivity index (χ3n) is 2.44. The molecule has 0 saturated heterocycles. The highest BCUT2D eigenvalue weighted by Gasteiger charge is 2.15. The summed E-state index contributed by atoms with van der Waals surface area (Å²) in [4.78, 5) is 2.48. The Labute approximate surface area is 93.1 Å². The minimum atomic E-state index is 0.949. The fourth-order valence-corrected chi connectivity index (χ4v) is 2.66. The van der Waals surface area contributed by atoms with E-state index in [0.29, 0.717) is 0 Å². The molecule has 3 rings (SSSR count).